The van der Waals surface area contributed by atoms with E-state index in [1.54, 1.807) is 4.68 Å². The second-order valence-corrected chi connectivity index (χ2v) is 4.77. The van der Waals surface area contributed by atoms with Crippen LogP contribution in [0.5, 0.6) is 5.75 Å². The number of ether oxygens (including phenoxy) is 1. The normalized spacial score (nSPS) is 16.8. The van der Waals surface area contributed by atoms with Crippen LogP contribution in [0.3, 0.4) is 0 Å². The van der Waals surface area contributed by atoms with Gasteiger partial charge in [-0.3, -0.25) is 0 Å². The predicted molar refractivity (Wildman–Crippen MR) is 71.0 cm³/mol. The van der Waals surface area contributed by atoms with Crippen molar-refractivity contribution < 1.29 is 14.6 Å². The van der Waals surface area contributed by atoms with Crippen molar-refractivity contribution in [1.82, 2.24) is 15.0 Å². The molecule has 1 aliphatic heterocycles. The number of fused-ring (bicyclic) bond motifs is 1. The van der Waals surface area contributed by atoms with Gasteiger partial charge in [0, 0.05) is 11.5 Å². The van der Waals surface area contributed by atoms with Crippen molar-refractivity contribution in [2.75, 3.05) is 6.61 Å². The summed E-state index contributed by atoms with van der Waals surface area (Å²) in [6, 6.07) is 7.90. The van der Waals surface area contributed by atoms with Crippen LogP contribution in [0.2, 0.25) is 0 Å². The van der Waals surface area contributed by atoms with E-state index < -0.39 is 5.97 Å². The van der Waals surface area contributed by atoms with Crippen LogP contribution < -0.4 is 4.74 Å². The molecule has 0 saturated heterocycles. The number of rotatable bonds is 4. The monoisotopic (exact) mass is 273 g/mol. The van der Waals surface area contributed by atoms with Gasteiger partial charge in [-0.15, -0.1) is 5.10 Å². The molecule has 0 saturated carbocycles. The van der Waals surface area contributed by atoms with Crippen molar-refractivity contribution in [2.24, 2.45) is 0 Å². The SMILES string of the molecule is CCc1c(C(=O)O)nnn1CC1COc2ccccc21. The number of para-hydroxylation sites is 1. The average molecular weight is 273 g/mol. The molecule has 0 fully saturated rings. The zero-order valence-electron chi connectivity index (χ0n) is 11.1. The van der Waals surface area contributed by atoms with Crippen LogP contribution in [0.15, 0.2) is 24.3 Å². The number of aromatic nitrogens is 3. The Hall–Kier alpha value is -2.37. The summed E-state index contributed by atoms with van der Waals surface area (Å²) < 4.78 is 7.31. The summed E-state index contributed by atoms with van der Waals surface area (Å²) in [5.41, 5.74) is 1.84. The largest absolute Gasteiger partial charge is 0.493 e. The van der Waals surface area contributed by atoms with E-state index in [0.717, 1.165) is 11.3 Å². The van der Waals surface area contributed by atoms with Gasteiger partial charge in [0.1, 0.15) is 5.75 Å². The van der Waals surface area contributed by atoms with Crippen molar-refractivity contribution in [2.45, 2.75) is 25.8 Å². The van der Waals surface area contributed by atoms with E-state index in [0.29, 0.717) is 25.3 Å². The van der Waals surface area contributed by atoms with Gasteiger partial charge < -0.3 is 9.84 Å². The second kappa shape index (κ2) is 4.96. The first-order valence-electron chi connectivity index (χ1n) is 6.58. The molecule has 0 aliphatic carbocycles. The highest BCUT2D eigenvalue weighted by Crippen LogP contribution is 2.34. The fourth-order valence-electron chi connectivity index (χ4n) is 2.58. The van der Waals surface area contributed by atoms with Gasteiger partial charge in [-0.25, -0.2) is 9.48 Å². The Morgan fingerprint density at radius 1 is 1.50 bits per heavy atom. The van der Waals surface area contributed by atoms with Crippen molar-refractivity contribution >= 4 is 5.97 Å². The molecular weight excluding hydrogens is 258 g/mol. The number of carbonyl (C=O) groups is 1. The summed E-state index contributed by atoms with van der Waals surface area (Å²) in [5, 5.41) is 16.8. The van der Waals surface area contributed by atoms with E-state index in [2.05, 4.69) is 10.3 Å². The molecule has 1 unspecified atom stereocenters. The molecule has 20 heavy (non-hydrogen) atoms. The predicted octanol–water partition coefficient (Wildman–Crippen LogP) is 1.71. The third-order valence-corrected chi connectivity index (χ3v) is 3.57. The quantitative estimate of drug-likeness (QED) is 0.917. The Labute approximate surface area is 116 Å². The van der Waals surface area contributed by atoms with Crippen molar-refractivity contribution in [1.29, 1.82) is 0 Å². The summed E-state index contributed by atoms with van der Waals surface area (Å²) >= 11 is 0. The molecule has 0 radical (unpaired) electrons. The van der Waals surface area contributed by atoms with Gasteiger partial charge >= 0.3 is 5.97 Å². The van der Waals surface area contributed by atoms with E-state index in [1.165, 1.54) is 0 Å². The third-order valence-electron chi connectivity index (χ3n) is 3.57. The molecule has 1 aromatic heterocycles. The van der Waals surface area contributed by atoms with Crippen molar-refractivity contribution in [3.8, 4) is 5.75 Å². The molecule has 0 bridgehead atoms. The van der Waals surface area contributed by atoms with E-state index >= 15 is 0 Å². The number of hydrogen-bond acceptors (Lipinski definition) is 4. The van der Waals surface area contributed by atoms with Crippen LogP contribution in [0.25, 0.3) is 0 Å². The van der Waals surface area contributed by atoms with Crippen LogP contribution in [0, 0.1) is 0 Å². The Balaban J connectivity index is 1.88. The maximum atomic E-state index is 11.1. The molecule has 0 spiro atoms. The number of aromatic carboxylic acids is 1. The van der Waals surface area contributed by atoms with Crippen molar-refractivity contribution in [3.05, 3.63) is 41.2 Å². The van der Waals surface area contributed by atoms with Gasteiger partial charge in [0.2, 0.25) is 0 Å². The maximum Gasteiger partial charge on any atom is 0.358 e. The lowest BCUT2D eigenvalue weighted by atomic mass is 10.0. The summed E-state index contributed by atoms with van der Waals surface area (Å²) in [5.74, 6) is 0.0464. The zero-order chi connectivity index (χ0) is 14.1. The van der Waals surface area contributed by atoms with Crippen LogP contribution in [-0.2, 0) is 13.0 Å². The lowest BCUT2D eigenvalue weighted by Crippen LogP contribution is -2.15. The van der Waals surface area contributed by atoms with E-state index in [1.807, 2.05) is 31.2 Å². The summed E-state index contributed by atoms with van der Waals surface area (Å²) in [4.78, 5) is 11.1. The minimum Gasteiger partial charge on any atom is -0.493 e. The van der Waals surface area contributed by atoms with E-state index in [4.69, 9.17) is 9.84 Å². The molecule has 1 aliphatic rings. The molecular formula is C14H15N3O3. The summed E-state index contributed by atoms with van der Waals surface area (Å²) in [6.07, 6.45) is 0.587. The van der Waals surface area contributed by atoms with Gasteiger partial charge in [-0.05, 0) is 12.5 Å². The van der Waals surface area contributed by atoms with Gasteiger partial charge in [0.25, 0.3) is 0 Å². The highest BCUT2D eigenvalue weighted by Gasteiger charge is 2.26. The molecule has 3 rings (SSSR count). The topological polar surface area (TPSA) is 77.2 Å². The highest BCUT2D eigenvalue weighted by molar-refractivity contribution is 5.86. The summed E-state index contributed by atoms with van der Waals surface area (Å²) in [6.45, 7) is 3.08. The number of nitrogens with zero attached hydrogens (tertiary/aromatic N) is 3. The van der Waals surface area contributed by atoms with Crippen LogP contribution >= 0.6 is 0 Å². The highest BCUT2D eigenvalue weighted by atomic mass is 16.5. The molecule has 6 nitrogen and oxygen atoms in total. The Morgan fingerprint density at radius 3 is 3.05 bits per heavy atom. The Kier molecular flexibility index (Phi) is 3.14. The summed E-state index contributed by atoms with van der Waals surface area (Å²) in [7, 11) is 0. The molecule has 104 valence electrons. The first-order chi connectivity index (χ1) is 9.70. The van der Waals surface area contributed by atoms with Crippen LogP contribution in [0.1, 0.15) is 34.6 Å². The van der Waals surface area contributed by atoms with E-state index in [9.17, 15) is 4.79 Å². The second-order valence-electron chi connectivity index (χ2n) is 4.77. The average Bonchev–Trinajstić information content (AvgIpc) is 3.04. The lowest BCUT2D eigenvalue weighted by Gasteiger charge is -2.10. The van der Waals surface area contributed by atoms with Gasteiger partial charge in [-0.1, -0.05) is 30.3 Å². The molecule has 1 N–H and O–H groups in total. The third kappa shape index (κ3) is 2.03. The minimum absolute atomic E-state index is 0.0414. The fraction of sp³-hybridized carbons (Fsp3) is 0.357. The first kappa shape index (κ1) is 12.7. The zero-order valence-corrected chi connectivity index (χ0v) is 11.1. The standard InChI is InChI=1S/C14H15N3O3/c1-2-11-13(14(18)19)15-16-17(11)7-9-8-20-12-6-4-3-5-10(9)12/h3-6,9H,2,7-8H2,1H3,(H,18,19). The van der Waals surface area contributed by atoms with Crippen LogP contribution in [-0.4, -0.2) is 32.7 Å². The van der Waals surface area contributed by atoms with Crippen molar-refractivity contribution in [3.63, 3.8) is 0 Å². The molecule has 1 atom stereocenters. The lowest BCUT2D eigenvalue weighted by molar-refractivity contribution is 0.0689. The van der Waals surface area contributed by atoms with Gasteiger partial charge in [0.05, 0.1) is 18.8 Å². The molecule has 2 heterocycles. The number of carboxylic acid groups (broad SMARTS) is 1. The molecule has 1 aromatic carbocycles. The smallest absolute Gasteiger partial charge is 0.358 e. The fourth-order valence-corrected chi connectivity index (χ4v) is 2.58. The molecule has 2 aromatic rings. The van der Waals surface area contributed by atoms with Gasteiger partial charge in [-0.2, -0.15) is 0 Å². The number of benzene rings is 1. The maximum absolute atomic E-state index is 11.1. The molecule has 6 heteroatoms. The Morgan fingerprint density at radius 2 is 2.30 bits per heavy atom. The van der Waals surface area contributed by atoms with E-state index in [-0.39, 0.29) is 11.6 Å². The first-order valence-corrected chi connectivity index (χ1v) is 6.58. The molecule has 0 amide bonds. The number of carboxylic acids is 1. The van der Waals surface area contributed by atoms with Gasteiger partial charge in [0.15, 0.2) is 5.69 Å². The number of hydrogen-bond donors (Lipinski definition) is 1. The minimum atomic E-state index is -1.03. The Bertz CT molecular complexity index is 651. The van der Waals surface area contributed by atoms with Crippen LogP contribution in [0.4, 0.5) is 0 Å².